The van der Waals surface area contributed by atoms with E-state index in [4.69, 9.17) is 9.05 Å². The van der Waals surface area contributed by atoms with Crippen LogP contribution in [0.5, 0.6) is 5.75 Å². The van der Waals surface area contributed by atoms with Crippen LogP contribution in [0.15, 0.2) is 30.3 Å². The van der Waals surface area contributed by atoms with Gasteiger partial charge in [-0.05, 0) is 53.9 Å². The fourth-order valence-electron chi connectivity index (χ4n) is 1.20. The van der Waals surface area contributed by atoms with E-state index in [9.17, 15) is 9.67 Å². The Morgan fingerprint density at radius 3 is 2.00 bits per heavy atom. The van der Waals surface area contributed by atoms with Crippen molar-refractivity contribution in [3.8, 4) is 5.75 Å². The van der Waals surface area contributed by atoms with Gasteiger partial charge in [-0.3, -0.25) is 4.52 Å². The van der Waals surface area contributed by atoms with Gasteiger partial charge in [-0.2, -0.15) is 0 Å². The second-order valence-corrected chi connectivity index (χ2v) is 7.98. The van der Waals surface area contributed by atoms with Gasteiger partial charge in [-0.25, -0.2) is 9.24 Å². The first-order valence-electron chi connectivity index (χ1n) is 6.43. The number of hydrogen-bond acceptors (Lipinski definition) is 4. The molecule has 0 aliphatic carbocycles. The summed E-state index contributed by atoms with van der Waals surface area (Å²) in [6.07, 6.45) is 0. The molecule has 1 atom stereocenters. The first kappa shape index (κ1) is 17.2. The molecule has 1 unspecified atom stereocenters. The van der Waals surface area contributed by atoms with E-state index >= 15 is 0 Å². The lowest BCUT2D eigenvalue weighted by Gasteiger charge is -2.40. The van der Waals surface area contributed by atoms with E-state index in [1.807, 2.05) is 6.07 Å². The highest BCUT2D eigenvalue weighted by molar-refractivity contribution is 7.51. The van der Waals surface area contributed by atoms with Gasteiger partial charge in [0.1, 0.15) is 11.4 Å². The lowest BCUT2D eigenvalue weighted by atomic mass is 9.90. The van der Waals surface area contributed by atoms with E-state index < -0.39 is 18.9 Å². The van der Waals surface area contributed by atoms with E-state index in [1.165, 1.54) is 4.67 Å². The zero-order valence-corrected chi connectivity index (χ0v) is 13.8. The number of hydrogen-bond donors (Lipinski definition) is 1. The molecule has 0 saturated carbocycles. The molecule has 0 fully saturated rings. The molecule has 0 aromatic heterocycles. The summed E-state index contributed by atoms with van der Waals surface area (Å²) in [7, 11) is -0.327. The minimum atomic E-state index is -3.56. The minimum Gasteiger partial charge on any atom is -0.413 e. The SMILES string of the molecule is CN(C)P(=O)(Oc1ccccc1)OC(C)(C)C(C)(C)O. The Balaban J connectivity index is 3.03. The Hall–Kier alpha value is -0.870. The van der Waals surface area contributed by atoms with E-state index in [0.29, 0.717) is 5.75 Å². The third-order valence-corrected chi connectivity index (χ3v) is 5.38. The van der Waals surface area contributed by atoms with Crippen molar-refractivity contribution < 1.29 is 18.7 Å². The van der Waals surface area contributed by atoms with Crippen LogP contribution in [-0.4, -0.2) is 35.1 Å². The largest absolute Gasteiger partial charge is 0.461 e. The molecule has 114 valence electrons. The standard InChI is InChI=1S/C14H24NO4P/c1-13(2,16)14(3,4)19-20(17,15(5)6)18-12-10-8-7-9-11-12/h7-11,16H,1-6H3. The molecule has 6 heteroatoms. The molecule has 5 nitrogen and oxygen atoms in total. The quantitative estimate of drug-likeness (QED) is 0.817. The molecule has 0 radical (unpaired) electrons. The van der Waals surface area contributed by atoms with Crippen molar-refractivity contribution in [1.82, 2.24) is 4.67 Å². The van der Waals surface area contributed by atoms with E-state index in [1.54, 1.807) is 66.1 Å². The van der Waals surface area contributed by atoms with Crippen LogP contribution in [0.1, 0.15) is 27.7 Å². The predicted molar refractivity (Wildman–Crippen MR) is 79.8 cm³/mol. The molecule has 1 N–H and O–H groups in total. The molecular formula is C14H24NO4P. The van der Waals surface area contributed by atoms with Gasteiger partial charge in [0, 0.05) is 0 Å². The summed E-state index contributed by atoms with van der Waals surface area (Å²) in [5.74, 6) is 0.455. The monoisotopic (exact) mass is 301 g/mol. The van der Waals surface area contributed by atoms with Crippen LogP contribution in [0.4, 0.5) is 0 Å². The summed E-state index contributed by atoms with van der Waals surface area (Å²) in [5, 5.41) is 10.1. The zero-order chi connectivity index (χ0) is 15.6. The van der Waals surface area contributed by atoms with Crippen LogP contribution in [0.2, 0.25) is 0 Å². The Kier molecular flexibility index (Phi) is 5.03. The van der Waals surface area contributed by atoms with Crippen LogP contribution in [0.25, 0.3) is 0 Å². The normalized spacial score (nSPS) is 16.0. The maximum atomic E-state index is 12.9. The number of para-hydroxylation sites is 1. The van der Waals surface area contributed by atoms with Gasteiger partial charge in [0.05, 0.1) is 5.60 Å². The number of aliphatic hydroxyl groups is 1. The van der Waals surface area contributed by atoms with E-state index in [2.05, 4.69) is 0 Å². The van der Waals surface area contributed by atoms with Crippen LogP contribution in [0.3, 0.4) is 0 Å². The Morgan fingerprint density at radius 2 is 1.60 bits per heavy atom. The molecule has 0 aliphatic rings. The molecule has 0 saturated heterocycles. The highest BCUT2D eigenvalue weighted by atomic mass is 31.2. The second-order valence-electron chi connectivity index (χ2n) is 5.88. The topological polar surface area (TPSA) is 59.0 Å². The summed E-state index contributed by atoms with van der Waals surface area (Å²) in [6, 6.07) is 8.83. The molecule has 0 spiro atoms. The third-order valence-electron chi connectivity index (χ3n) is 3.27. The van der Waals surface area contributed by atoms with Crippen molar-refractivity contribution in [3.05, 3.63) is 30.3 Å². The van der Waals surface area contributed by atoms with Gasteiger partial charge in [0.15, 0.2) is 0 Å². The van der Waals surface area contributed by atoms with E-state index in [-0.39, 0.29) is 0 Å². The molecule has 1 aromatic rings. The minimum absolute atomic E-state index is 0.455. The van der Waals surface area contributed by atoms with Crippen molar-refractivity contribution in [2.75, 3.05) is 14.1 Å². The van der Waals surface area contributed by atoms with Gasteiger partial charge in [0.2, 0.25) is 0 Å². The summed E-state index contributed by atoms with van der Waals surface area (Å²) < 4.78 is 25.5. The average Bonchev–Trinajstić information content (AvgIpc) is 2.27. The molecule has 0 bridgehead atoms. The average molecular weight is 301 g/mol. The van der Waals surface area contributed by atoms with Crippen LogP contribution < -0.4 is 4.52 Å². The van der Waals surface area contributed by atoms with E-state index in [0.717, 1.165) is 0 Å². The lowest BCUT2D eigenvalue weighted by molar-refractivity contribution is -0.0975. The molecule has 0 aliphatic heterocycles. The number of nitrogens with zero attached hydrogens (tertiary/aromatic N) is 1. The number of rotatable bonds is 6. The molecule has 0 amide bonds. The Bertz CT molecular complexity index is 480. The summed E-state index contributed by atoms with van der Waals surface area (Å²) in [6.45, 7) is 6.57. The molecule has 0 heterocycles. The van der Waals surface area contributed by atoms with Crippen molar-refractivity contribution in [1.29, 1.82) is 0 Å². The lowest BCUT2D eigenvalue weighted by Crippen LogP contribution is -2.47. The molecular weight excluding hydrogens is 277 g/mol. The summed E-state index contributed by atoms with van der Waals surface area (Å²) in [4.78, 5) is 0. The van der Waals surface area contributed by atoms with Crippen LogP contribution >= 0.6 is 7.75 Å². The number of benzene rings is 1. The highest BCUT2D eigenvalue weighted by Gasteiger charge is 2.45. The van der Waals surface area contributed by atoms with Crippen molar-refractivity contribution >= 4 is 7.75 Å². The van der Waals surface area contributed by atoms with Gasteiger partial charge >= 0.3 is 7.75 Å². The smallest absolute Gasteiger partial charge is 0.413 e. The first-order chi connectivity index (χ1) is 8.98. The fourth-order valence-corrected chi connectivity index (χ4v) is 2.75. The maximum Gasteiger partial charge on any atom is 0.461 e. The zero-order valence-electron chi connectivity index (χ0n) is 13.0. The van der Waals surface area contributed by atoms with Crippen molar-refractivity contribution in [3.63, 3.8) is 0 Å². The molecule has 1 aromatic carbocycles. The fraction of sp³-hybridized carbons (Fsp3) is 0.571. The molecule has 1 rings (SSSR count). The van der Waals surface area contributed by atoms with Gasteiger partial charge < -0.3 is 9.63 Å². The van der Waals surface area contributed by atoms with Crippen molar-refractivity contribution in [2.45, 2.75) is 38.9 Å². The highest BCUT2D eigenvalue weighted by Crippen LogP contribution is 2.54. The third kappa shape index (κ3) is 4.06. The van der Waals surface area contributed by atoms with Gasteiger partial charge in [0.25, 0.3) is 0 Å². The first-order valence-corrected chi connectivity index (χ1v) is 7.93. The maximum absolute atomic E-state index is 12.9. The van der Waals surface area contributed by atoms with Crippen LogP contribution in [-0.2, 0) is 9.09 Å². The van der Waals surface area contributed by atoms with Crippen LogP contribution in [0, 0.1) is 0 Å². The Labute approximate surface area is 121 Å². The summed E-state index contributed by atoms with van der Waals surface area (Å²) in [5.41, 5.74) is -2.21. The molecule has 20 heavy (non-hydrogen) atoms. The Morgan fingerprint density at radius 1 is 1.10 bits per heavy atom. The van der Waals surface area contributed by atoms with Gasteiger partial charge in [-0.1, -0.05) is 18.2 Å². The van der Waals surface area contributed by atoms with Gasteiger partial charge in [-0.15, -0.1) is 0 Å². The summed E-state index contributed by atoms with van der Waals surface area (Å²) >= 11 is 0. The second kappa shape index (κ2) is 5.86. The van der Waals surface area contributed by atoms with Crippen molar-refractivity contribution in [2.24, 2.45) is 0 Å². The predicted octanol–water partition coefficient (Wildman–Crippen LogP) is 3.30.